The number of hydrogen-bond donors (Lipinski definition) is 1. The first-order valence-corrected chi connectivity index (χ1v) is 8.71. The van der Waals surface area contributed by atoms with Gasteiger partial charge in [-0.3, -0.25) is 4.79 Å². The van der Waals surface area contributed by atoms with Crippen LogP contribution in [0.5, 0.6) is 0 Å². The number of rotatable bonds is 1. The molecule has 1 spiro atoms. The topological polar surface area (TPSA) is 70.5 Å². The molecule has 0 aliphatic carbocycles. The van der Waals surface area contributed by atoms with Gasteiger partial charge >= 0.3 is 6.03 Å². The summed E-state index contributed by atoms with van der Waals surface area (Å²) < 4.78 is 2.23. The van der Waals surface area contributed by atoms with Crippen molar-refractivity contribution in [2.24, 2.45) is 0 Å². The molecule has 7 heteroatoms. The summed E-state index contributed by atoms with van der Waals surface area (Å²) in [6.07, 6.45) is 3.35. The summed E-state index contributed by atoms with van der Waals surface area (Å²) in [6, 6.07) is 0.0999. The van der Waals surface area contributed by atoms with Gasteiger partial charge < -0.3 is 19.7 Å². The van der Waals surface area contributed by atoms with Gasteiger partial charge in [-0.05, 0) is 33.6 Å². The van der Waals surface area contributed by atoms with Crippen molar-refractivity contribution in [2.75, 3.05) is 19.6 Å². The molecule has 2 aliphatic heterocycles. The average Bonchev–Trinajstić information content (AvgIpc) is 2.90. The number of carbonyl (C=O) groups excluding carboxylic acids is 2. The molecule has 1 aromatic rings. The predicted octanol–water partition coefficient (Wildman–Crippen LogP) is 1.46. The Morgan fingerprint density at radius 2 is 1.88 bits per heavy atom. The summed E-state index contributed by atoms with van der Waals surface area (Å²) in [4.78, 5) is 32.9. The molecule has 0 bridgehead atoms. The van der Waals surface area contributed by atoms with Crippen LogP contribution in [-0.2, 0) is 16.9 Å². The first-order valence-electron chi connectivity index (χ1n) is 8.71. The molecule has 0 aromatic carbocycles. The molecule has 3 rings (SSSR count). The summed E-state index contributed by atoms with van der Waals surface area (Å²) in [7, 11) is 0. The van der Waals surface area contributed by atoms with Gasteiger partial charge in [0, 0.05) is 51.0 Å². The number of urea groups is 1. The highest BCUT2D eigenvalue weighted by Crippen LogP contribution is 2.41. The second-order valence-corrected chi connectivity index (χ2v) is 7.17. The minimum atomic E-state index is -0.382. The molecule has 0 atom stereocenters. The first kappa shape index (κ1) is 16.8. The monoisotopic (exact) mass is 333 g/mol. The Morgan fingerprint density at radius 1 is 1.21 bits per heavy atom. The van der Waals surface area contributed by atoms with Crippen LogP contribution in [0, 0.1) is 6.92 Å². The molecule has 7 nitrogen and oxygen atoms in total. The average molecular weight is 333 g/mol. The lowest BCUT2D eigenvalue weighted by Gasteiger charge is -2.50. The van der Waals surface area contributed by atoms with Crippen LogP contribution in [0.3, 0.4) is 0 Å². The lowest BCUT2D eigenvalue weighted by Crippen LogP contribution is -2.60. The van der Waals surface area contributed by atoms with E-state index in [0.717, 1.165) is 30.9 Å². The maximum Gasteiger partial charge on any atom is 0.317 e. The van der Waals surface area contributed by atoms with Gasteiger partial charge in [-0.1, -0.05) is 0 Å². The number of piperidine rings is 1. The van der Waals surface area contributed by atoms with Crippen LogP contribution in [-0.4, -0.2) is 57.0 Å². The van der Waals surface area contributed by atoms with E-state index in [-0.39, 0.29) is 23.5 Å². The quantitative estimate of drug-likeness (QED) is 0.846. The van der Waals surface area contributed by atoms with Crippen LogP contribution < -0.4 is 5.32 Å². The Balaban J connectivity index is 1.86. The van der Waals surface area contributed by atoms with Gasteiger partial charge in [-0.2, -0.15) is 0 Å². The standard InChI is InChI=1S/C17H27N5O2/c1-12(2)19-16(24)20-7-5-17(6-8-20)15-18-11-13(3)21(15)9-10-22(17)14(4)23/h11-12H,5-10H2,1-4H3,(H,19,24). The van der Waals surface area contributed by atoms with E-state index in [4.69, 9.17) is 0 Å². The molecule has 3 amide bonds. The number of nitrogens with zero attached hydrogens (tertiary/aromatic N) is 4. The highest BCUT2D eigenvalue weighted by Gasteiger charge is 2.48. The van der Waals surface area contributed by atoms with Crippen molar-refractivity contribution in [1.82, 2.24) is 24.7 Å². The summed E-state index contributed by atoms with van der Waals surface area (Å²) >= 11 is 0. The van der Waals surface area contributed by atoms with Gasteiger partial charge in [-0.25, -0.2) is 9.78 Å². The Bertz CT molecular complexity index is 643. The van der Waals surface area contributed by atoms with Crippen LogP contribution in [0.25, 0.3) is 0 Å². The van der Waals surface area contributed by atoms with Gasteiger partial charge in [0.15, 0.2) is 0 Å². The Hall–Kier alpha value is -2.05. The van der Waals surface area contributed by atoms with Crippen molar-refractivity contribution in [1.29, 1.82) is 0 Å². The largest absolute Gasteiger partial charge is 0.336 e. The number of aryl methyl sites for hydroxylation is 1. The molecule has 132 valence electrons. The molecule has 1 aromatic heterocycles. The van der Waals surface area contributed by atoms with E-state index in [9.17, 15) is 9.59 Å². The maximum atomic E-state index is 12.3. The molecule has 0 saturated carbocycles. The Kier molecular flexibility index (Phi) is 4.27. The summed E-state index contributed by atoms with van der Waals surface area (Å²) in [6.45, 7) is 10.4. The number of likely N-dealkylation sites (tertiary alicyclic amines) is 1. The zero-order chi connectivity index (χ0) is 17.5. The fraction of sp³-hybridized carbons (Fsp3) is 0.706. The van der Waals surface area contributed by atoms with Crippen molar-refractivity contribution in [3.05, 3.63) is 17.7 Å². The summed E-state index contributed by atoms with van der Waals surface area (Å²) in [5.41, 5.74) is 0.750. The maximum absolute atomic E-state index is 12.3. The first-order chi connectivity index (χ1) is 11.3. The zero-order valence-corrected chi connectivity index (χ0v) is 15.0. The van der Waals surface area contributed by atoms with Crippen molar-refractivity contribution >= 4 is 11.9 Å². The SMILES string of the molecule is CC(=O)N1CCn2c(C)cnc2C12CCN(C(=O)NC(C)C)CC2. The third-order valence-corrected chi connectivity index (χ3v) is 5.21. The molecule has 24 heavy (non-hydrogen) atoms. The lowest BCUT2D eigenvalue weighted by atomic mass is 9.83. The van der Waals surface area contributed by atoms with Crippen molar-refractivity contribution in [3.63, 3.8) is 0 Å². The number of carbonyl (C=O) groups is 2. The smallest absolute Gasteiger partial charge is 0.317 e. The second kappa shape index (κ2) is 6.11. The fourth-order valence-electron chi connectivity index (χ4n) is 4.02. The van der Waals surface area contributed by atoms with E-state index in [1.807, 2.05) is 29.8 Å². The number of amides is 3. The second-order valence-electron chi connectivity index (χ2n) is 7.17. The predicted molar refractivity (Wildman–Crippen MR) is 90.5 cm³/mol. The summed E-state index contributed by atoms with van der Waals surface area (Å²) in [5.74, 6) is 1.06. The molecule has 1 saturated heterocycles. The van der Waals surface area contributed by atoms with E-state index in [1.165, 1.54) is 0 Å². The molecule has 1 N–H and O–H groups in total. The molecule has 2 aliphatic rings. The highest BCUT2D eigenvalue weighted by atomic mass is 16.2. The van der Waals surface area contributed by atoms with Crippen LogP contribution in [0.4, 0.5) is 4.79 Å². The molecule has 0 unspecified atom stereocenters. The highest BCUT2D eigenvalue weighted by molar-refractivity contribution is 5.76. The Labute approximate surface area is 143 Å². The number of aromatic nitrogens is 2. The lowest BCUT2D eigenvalue weighted by molar-refractivity contribution is -0.140. The van der Waals surface area contributed by atoms with E-state index in [0.29, 0.717) is 19.6 Å². The van der Waals surface area contributed by atoms with Crippen LogP contribution in [0.1, 0.15) is 45.1 Å². The van der Waals surface area contributed by atoms with Crippen molar-refractivity contribution < 1.29 is 9.59 Å². The zero-order valence-electron chi connectivity index (χ0n) is 15.0. The van der Waals surface area contributed by atoms with Gasteiger partial charge in [0.2, 0.25) is 5.91 Å². The summed E-state index contributed by atoms with van der Waals surface area (Å²) in [5, 5.41) is 2.95. The third-order valence-electron chi connectivity index (χ3n) is 5.21. The van der Waals surface area contributed by atoms with Gasteiger partial charge in [0.1, 0.15) is 11.4 Å². The van der Waals surface area contributed by atoms with Crippen molar-refractivity contribution in [2.45, 2.75) is 58.7 Å². The number of nitrogens with one attached hydrogen (secondary N) is 1. The van der Waals surface area contributed by atoms with Crippen LogP contribution >= 0.6 is 0 Å². The number of hydrogen-bond acceptors (Lipinski definition) is 3. The Morgan fingerprint density at radius 3 is 2.46 bits per heavy atom. The van der Waals surface area contributed by atoms with Crippen LogP contribution in [0.15, 0.2) is 6.20 Å². The van der Waals surface area contributed by atoms with E-state index >= 15 is 0 Å². The molecular formula is C17H27N5O2. The minimum Gasteiger partial charge on any atom is -0.336 e. The van der Waals surface area contributed by atoms with Crippen LogP contribution in [0.2, 0.25) is 0 Å². The van der Waals surface area contributed by atoms with E-state index in [1.54, 1.807) is 6.92 Å². The van der Waals surface area contributed by atoms with E-state index < -0.39 is 0 Å². The molecule has 3 heterocycles. The molecule has 0 radical (unpaired) electrons. The number of imidazole rings is 1. The third kappa shape index (κ3) is 2.65. The molecule has 1 fully saturated rings. The van der Waals surface area contributed by atoms with Crippen molar-refractivity contribution in [3.8, 4) is 0 Å². The molecular weight excluding hydrogens is 306 g/mol. The normalized spacial score (nSPS) is 19.5. The van der Waals surface area contributed by atoms with Gasteiger partial charge in [0.05, 0.1) is 0 Å². The van der Waals surface area contributed by atoms with Gasteiger partial charge in [-0.15, -0.1) is 0 Å². The van der Waals surface area contributed by atoms with Gasteiger partial charge in [0.25, 0.3) is 0 Å². The van der Waals surface area contributed by atoms with E-state index in [2.05, 4.69) is 21.8 Å². The minimum absolute atomic E-state index is 0.0236. The fourth-order valence-corrected chi connectivity index (χ4v) is 4.02. The number of fused-ring (bicyclic) bond motifs is 2.